The number of aryl methyl sites for hydroxylation is 1. The molecule has 0 heterocycles. The van der Waals surface area contributed by atoms with E-state index in [1.807, 2.05) is 6.92 Å². The summed E-state index contributed by atoms with van der Waals surface area (Å²) in [5.74, 6) is 0. The first-order valence-electron chi connectivity index (χ1n) is 5.01. The van der Waals surface area contributed by atoms with Crippen LogP contribution in [0.2, 0.25) is 0 Å². The molecule has 2 nitrogen and oxygen atoms in total. The smallest absolute Gasteiger partial charge is 0.0491 e. The Morgan fingerprint density at radius 3 is 2.00 bits per heavy atom. The van der Waals surface area contributed by atoms with Gasteiger partial charge in [0.15, 0.2) is 0 Å². The molecule has 0 aliphatic rings. The Morgan fingerprint density at radius 1 is 1.14 bits per heavy atom. The summed E-state index contributed by atoms with van der Waals surface area (Å²) in [4.78, 5) is 2.16. The van der Waals surface area contributed by atoms with Gasteiger partial charge >= 0.3 is 0 Å². The second-order valence-electron chi connectivity index (χ2n) is 4.18. The Balaban J connectivity index is 2.94. The molecule has 0 amide bonds. The standard InChI is InChI=1S/C12H20N2/c1-9-5-7-11(8-6-9)12(10(2)13)14(3)4/h5-8,10,12H,13H2,1-4H3/t10-,12+/m0/s1. The molecule has 0 aliphatic heterocycles. The Kier molecular flexibility index (Phi) is 3.67. The van der Waals surface area contributed by atoms with Crippen LogP contribution in [0.3, 0.4) is 0 Å². The van der Waals surface area contributed by atoms with Crippen molar-refractivity contribution in [3.05, 3.63) is 35.4 Å². The molecule has 2 atom stereocenters. The van der Waals surface area contributed by atoms with E-state index in [0.717, 1.165) is 0 Å². The fourth-order valence-electron chi connectivity index (χ4n) is 1.84. The predicted octanol–water partition coefficient (Wildman–Crippen LogP) is 1.94. The lowest BCUT2D eigenvalue weighted by molar-refractivity contribution is 0.266. The number of nitrogens with two attached hydrogens (primary N) is 1. The van der Waals surface area contributed by atoms with Crippen LogP contribution in [0.25, 0.3) is 0 Å². The van der Waals surface area contributed by atoms with E-state index in [9.17, 15) is 0 Å². The van der Waals surface area contributed by atoms with Gasteiger partial charge in [0.2, 0.25) is 0 Å². The minimum absolute atomic E-state index is 0.146. The van der Waals surface area contributed by atoms with Crippen LogP contribution in [0, 0.1) is 6.92 Å². The molecule has 0 radical (unpaired) electrons. The lowest BCUT2D eigenvalue weighted by atomic mass is 9.99. The third-order valence-corrected chi connectivity index (χ3v) is 2.47. The summed E-state index contributed by atoms with van der Waals surface area (Å²) >= 11 is 0. The van der Waals surface area contributed by atoms with Crippen molar-refractivity contribution in [1.82, 2.24) is 4.90 Å². The highest BCUT2D eigenvalue weighted by Gasteiger charge is 2.17. The summed E-state index contributed by atoms with van der Waals surface area (Å²) in [6, 6.07) is 9.03. The summed E-state index contributed by atoms with van der Waals surface area (Å²) in [5, 5.41) is 0. The molecule has 0 unspecified atom stereocenters. The van der Waals surface area contributed by atoms with Gasteiger partial charge in [0, 0.05) is 12.1 Å². The highest BCUT2D eigenvalue weighted by Crippen LogP contribution is 2.20. The van der Waals surface area contributed by atoms with Gasteiger partial charge in [-0.2, -0.15) is 0 Å². The zero-order valence-electron chi connectivity index (χ0n) is 9.49. The molecule has 14 heavy (non-hydrogen) atoms. The van der Waals surface area contributed by atoms with Crippen molar-refractivity contribution in [3.63, 3.8) is 0 Å². The molecule has 1 aromatic carbocycles. The molecular formula is C12H20N2. The molecule has 0 fully saturated rings. The molecule has 0 spiro atoms. The average molecular weight is 192 g/mol. The normalized spacial score (nSPS) is 15.6. The van der Waals surface area contributed by atoms with Crippen molar-refractivity contribution in [2.24, 2.45) is 5.73 Å². The molecular weight excluding hydrogens is 172 g/mol. The molecule has 1 aromatic rings. The Labute approximate surface area is 86.7 Å². The predicted molar refractivity (Wildman–Crippen MR) is 61.3 cm³/mol. The van der Waals surface area contributed by atoms with Crippen LogP contribution in [0.15, 0.2) is 24.3 Å². The molecule has 2 heteroatoms. The number of nitrogens with zero attached hydrogens (tertiary/aromatic N) is 1. The van der Waals surface area contributed by atoms with Crippen LogP contribution in [0.4, 0.5) is 0 Å². The summed E-state index contributed by atoms with van der Waals surface area (Å²) in [6.45, 7) is 4.14. The third-order valence-electron chi connectivity index (χ3n) is 2.47. The zero-order valence-corrected chi connectivity index (χ0v) is 9.49. The molecule has 1 rings (SSSR count). The van der Waals surface area contributed by atoms with Gasteiger partial charge in [-0.1, -0.05) is 29.8 Å². The highest BCUT2D eigenvalue weighted by molar-refractivity contribution is 5.25. The minimum atomic E-state index is 0.146. The summed E-state index contributed by atoms with van der Waals surface area (Å²) < 4.78 is 0. The maximum atomic E-state index is 5.97. The van der Waals surface area contributed by atoms with E-state index in [1.165, 1.54) is 11.1 Å². The number of likely N-dealkylation sites (N-methyl/N-ethyl adjacent to an activating group) is 1. The Hall–Kier alpha value is -0.860. The summed E-state index contributed by atoms with van der Waals surface area (Å²) in [6.07, 6.45) is 0. The number of hydrogen-bond acceptors (Lipinski definition) is 2. The molecule has 78 valence electrons. The lowest BCUT2D eigenvalue weighted by Crippen LogP contribution is -2.34. The third kappa shape index (κ3) is 2.56. The summed E-state index contributed by atoms with van der Waals surface area (Å²) in [7, 11) is 4.13. The van der Waals surface area contributed by atoms with Crippen LogP contribution < -0.4 is 5.73 Å². The number of hydrogen-bond donors (Lipinski definition) is 1. The fourth-order valence-corrected chi connectivity index (χ4v) is 1.84. The van der Waals surface area contributed by atoms with Crippen molar-refractivity contribution >= 4 is 0 Å². The topological polar surface area (TPSA) is 29.3 Å². The SMILES string of the molecule is Cc1ccc([C@@H]([C@H](C)N)N(C)C)cc1. The van der Waals surface area contributed by atoms with E-state index in [4.69, 9.17) is 5.73 Å². The van der Waals surface area contributed by atoms with Gasteiger partial charge in [0.25, 0.3) is 0 Å². The maximum Gasteiger partial charge on any atom is 0.0491 e. The van der Waals surface area contributed by atoms with Gasteiger partial charge in [0.05, 0.1) is 0 Å². The van der Waals surface area contributed by atoms with Crippen LogP contribution in [0.1, 0.15) is 24.1 Å². The van der Waals surface area contributed by atoms with Crippen molar-refractivity contribution in [3.8, 4) is 0 Å². The average Bonchev–Trinajstić information content (AvgIpc) is 2.07. The Bertz CT molecular complexity index is 267. The van der Waals surface area contributed by atoms with E-state index in [2.05, 4.69) is 50.2 Å². The number of benzene rings is 1. The zero-order chi connectivity index (χ0) is 10.7. The fraction of sp³-hybridized carbons (Fsp3) is 0.500. The first-order chi connectivity index (χ1) is 6.52. The van der Waals surface area contributed by atoms with E-state index in [1.54, 1.807) is 0 Å². The van der Waals surface area contributed by atoms with Gasteiger partial charge in [-0.3, -0.25) is 0 Å². The van der Waals surface area contributed by atoms with Crippen molar-refractivity contribution in [2.75, 3.05) is 14.1 Å². The van der Waals surface area contributed by atoms with Gasteiger partial charge < -0.3 is 10.6 Å². The highest BCUT2D eigenvalue weighted by atomic mass is 15.1. The molecule has 0 saturated heterocycles. The largest absolute Gasteiger partial charge is 0.326 e. The van der Waals surface area contributed by atoms with E-state index >= 15 is 0 Å². The van der Waals surface area contributed by atoms with Crippen LogP contribution in [-0.4, -0.2) is 25.0 Å². The van der Waals surface area contributed by atoms with Gasteiger partial charge in [-0.05, 0) is 33.5 Å². The molecule has 0 saturated carbocycles. The van der Waals surface area contributed by atoms with E-state index in [0.29, 0.717) is 6.04 Å². The van der Waals surface area contributed by atoms with Crippen molar-refractivity contribution in [1.29, 1.82) is 0 Å². The summed E-state index contributed by atoms with van der Waals surface area (Å²) in [5.41, 5.74) is 8.54. The van der Waals surface area contributed by atoms with E-state index < -0.39 is 0 Å². The second kappa shape index (κ2) is 4.58. The second-order valence-corrected chi connectivity index (χ2v) is 4.18. The Morgan fingerprint density at radius 2 is 1.64 bits per heavy atom. The van der Waals surface area contributed by atoms with Gasteiger partial charge in [-0.25, -0.2) is 0 Å². The minimum Gasteiger partial charge on any atom is -0.326 e. The maximum absolute atomic E-state index is 5.97. The van der Waals surface area contributed by atoms with Crippen LogP contribution in [0.5, 0.6) is 0 Å². The molecule has 0 bridgehead atoms. The quantitative estimate of drug-likeness (QED) is 0.793. The molecule has 0 aliphatic carbocycles. The van der Waals surface area contributed by atoms with Crippen molar-refractivity contribution in [2.45, 2.75) is 25.9 Å². The first kappa shape index (κ1) is 11.2. The van der Waals surface area contributed by atoms with Gasteiger partial charge in [0.1, 0.15) is 0 Å². The van der Waals surface area contributed by atoms with Crippen LogP contribution >= 0.6 is 0 Å². The lowest BCUT2D eigenvalue weighted by Gasteiger charge is -2.28. The monoisotopic (exact) mass is 192 g/mol. The van der Waals surface area contributed by atoms with E-state index in [-0.39, 0.29) is 6.04 Å². The first-order valence-corrected chi connectivity index (χ1v) is 5.01. The van der Waals surface area contributed by atoms with Gasteiger partial charge in [-0.15, -0.1) is 0 Å². The number of rotatable bonds is 3. The van der Waals surface area contributed by atoms with Crippen LogP contribution in [-0.2, 0) is 0 Å². The molecule has 2 N–H and O–H groups in total. The van der Waals surface area contributed by atoms with Crippen molar-refractivity contribution < 1.29 is 0 Å². The molecule has 0 aromatic heterocycles.